The third kappa shape index (κ3) is 1.34. The molecule has 0 bridgehead atoms. The summed E-state index contributed by atoms with van der Waals surface area (Å²) in [4.78, 5) is 18.6. The van der Waals surface area contributed by atoms with E-state index < -0.39 is 0 Å². The molecule has 3 N–H and O–H groups in total. The largest absolute Gasteiger partial charge is 0.495 e. The first-order valence-corrected chi connectivity index (χ1v) is 5.45. The van der Waals surface area contributed by atoms with Gasteiger partial charge in [-0.25, -0.2) is 4.98 Å². The average molecular weight is 241 g/mol. The lowest BCUT2D eigenvalue weighted by atomic mass is 10.0. The number of nitrogen functional groups attached to an aromatic ring is 1. The van der Waals surface area contributed by atoms with Crippen molar-refractivity contribution in [2.24, 2.45) is 0 Å². The lowest BCUT2D eigenvalue weighted by Gasteiger charge is -2.09. The summed E-state index contributed by atoms with van der Waals surface area (Å²) in [6, 6.07) is 7.21. The van der Waals surface area contributed by atoms with E-state index in [4.69, 9.17) is 10.5 Å². The normalized spacial score (nSPS) is 10.9. The van der Waals surface area contributed by atoms with Crippen LogP contribution in [0.15, 0.2) is 35.4 Å². The number of aromatic nitrogens is 2. The van der Waals surface area contributed by atoms with Crippen molar-refractivity contribution in [3.63, 3.8) is 0 Å². The summed E-state index contributed by atoms with van der Waals surface area (Å²) in [5, 5.41) is 2.12. The summed E-state index contributed by atoms with van der Waals surface area (Å²) in [6.07, 6.45) is 1.39. The Kier molecular flexibility index (Phi) is 2.19. The van der Waals surface area contributed by atoms with Gasteiger partial charge in [-0.2, -0.15) is 0 Å². The van der Waals surface area contributed by atoms with E-state index >= 15 is 0 Å². The number of aromatic amines is 1. The van der Waals surface area contributed by atoms with Gasteiger partial charge in [-0.15, -0.1) is 0 Å². The van der Waals surface area contributed by atoms with E-state index in [1.807, 2.05) is 12.1 Å². The summed E-state index contributed by atoms with van der Waals surface area (Å²) in [7, 11) is 1.56. The zero-order valence-corrected chi connectivity index (χ0v) is 9.73. The molecule has 0 fully saturated rings. The van der Waals surface area contributed by atoms with Crippen molar-refractivity contribution in [3.8, 4) is 5.75 Å². The highest BCUT2D eigenvalue weighted by Crippen LogP contribution is 2.32. The first kappa shape index (κ1) is 10.6. The molecule has 0 aliphatic carbocycles. The Morgan fingerprint density at radius 3 is 2.78 bits per heavy atom. The molecule has 1 heterocycles. The maximum atomic E-state index is 11.9. The fourth-order valence-electron chi connectivity index (χ4n) is 2.15. The number of benzene rings is 2. The van der Waals surface area contributed by atoms with Gasteiger partial charge in [-0.05, 0) is 29.7 Å². The van der Waals surface area contributed by atoms with E-state index in [9.17, 15) is 4.79 Å². The second kappa shape index (κ2) is 3.73. The maximum Gasteiger partial charge on any atom is 0.259 e. The second-order valence-corrected chi connectivity index (χ2v) is 3.97. The number of H-pyrrole nitrogens is 1. The van der Waals surface area contributed by atoms with Gasteiger partial charge in [-0.3, -0.25) is 4.79 Å². The van der Waals surface area contributed by atoms with Gasteiger partial charge in [0.25, 0.3) is 5.56 Å². The lowest BCUT2D eigenvalue weighted by molar-refractivity contribution is 0.417. The van der Waals surface area contributed by atoms with Crippen LogP contribution in [0, 0.1) is 0 Å². The number of methoxy groups -OCH3 is 1. The summed E-state index contributed by atoms with van der Waals surface area (Å²) < 4.78 is 5.17. The summed E-state index contributed by atoms with van der Waals surface area (Å²) >= 11 is 0. The van der Waals surface area contributed by atoms with E-state index in [0.29, 0.717) is 22.3 Å². The Bertz CT molecular complexity index is 808. The molecule has 5 nitrogen and oxygen atoms in total. The van der Waals surface area contributed by atoms with Gasteiger partial charge in [0.05, 0.1) is 30.0 Å². The average Bonchev–Trinajstić information content (AvgIpc) is 2.39. The van der Waals surface area contributed by atoms with E-state index in [1.54, 1.807) is 19.2 Å². The molecule has 2 aromatic carbocycles. The molecule has 1 aromatic heterocycles. The molecule has 18 heavy (non-hydrogen) atoms. The topological polar surface area (TPSA) is 81.0 Å². The quantitative estimate of drug-likeness (QED) is 0.501. The Labute approximate surface area is 102 Å². The van der Waals surface area contributed by atoms with Gasteiger partial charge in [0.2, 0.25) is 0 Å². The molecule has 0 saturated heterocycles. The van der Waals surface area contributed by atoms with Crippen LogP contribution in [0.2, 0.25) is 0 Å². The van der Waals surface area contributed by atoms with Gasteiger partial charge in [0, 0.05) is 5.39 Å². The molecule has 90 valence electrons. The van der Waals surface area contributed by atoms with Crippen molar-refractivity contribution in [1.29, 1.82) is 0 Å². The summed E-state index contributed by atoms with van der Waals surface area (Å²) in [6.45, 7) is 0. The lowest BCUT2D eigenvalue weighted by Crippen LogP contribution is -2.07. The minimum atomic E-state index is -0.171. The maximum absolute atomic E-state index is 11.9. The van der Waals surface area contributed by atoms with Gasteiger partial charge in [0.1, 0.15) is 5.75 Å². The third-order valence-corrected chi connectivity index (χ3v) is 3.03. The van der Waals surface area contributed by atoms with Crippen molar-refractivity contribution in [3.05, 3.63) is 40.9 Å². The van der Waals surface area contributed by atoms with Crippen molar-refractivity contribution < 1.29 is 4.74 Å². The predicted octanol–water partition coefficient (Wildman–Crippen LogP) is 1.67. The van der Waals surface area contributed by atoms with Crippen LogP contribution in [0.1, 0.15) is 0 Å². The fraction of sp³-hybridized carbons (Fsp3) is 0.0769. The molecule has 0 unspecified atom stereocenters. The highest BCUT2D eigenvalue weighted by molar-refractivity contribution is 6.10. The molecule has 0 aliphatic heterocycles. The fourth-order valence-corrected chi connectivity index (χ4v) is 2.15. The first-order valence-electron chi connectivity index (χ1n) is 5.45. The van der Waals surface area contributed by atoms with Crippen molar-refractivity contribution in [1.82, 2.24) is 9.97 Å². The molecule has 0 aliphatic rings. The van der Waals surface area contributed by atoms with Crippen LogP contribution in [0.25, 0.3) is 21.7 Å². The number of nitrogens with zero attached hydrogens (tertiary/aromatic N) is 1. The van der Waals surface area contributed by atoms with Crippen LogP contribution in [-0.2, 0) is 0 Å². The first-order chi connectivity index (χ1) is 8.72. The van der Waals surface area contributed by atoms with E-state index in [-0.39, 0.29) is 5.56 Å². The van der Waals surface area contributed by atoms with Gasteiger partial charge in [0.15, 0.2) is 0 Å². The summed E-state index contributed by atoms with van der Waals surface area (Å²) in [5.41, 5.74) is 7.02. The minimum Gasteiger partial charge on any atom is -0.495 e. The Morgan fingerprint density at radius 1 is 1.22 bits per heavy atom. The number of nitrogens with two attached hydrogens (primary N) is 1. The van der Waals surface area contributed by atoms with E-state index in [0.717, 1.165) is 10.8 Å². The van der Waals surface area contributed by atoms with Gasteiger partial charge >= 0.3 is 0 Å². The van der Waals surface area contributed by atoms with Crippen molar-refractivity contribution >= 4 is 27.4 Å². The number of hydrogen-bond acceptors (Lipinski definition) is 4. The molecular formula is C13H11N3O2. The predicted molar refractivity (Wildman–Crippen MR) is 70.8 cm³/mol. The number of anilines is 1. The Balaban J connectivity index is 2.57. The van der Waals surface area contributed by atoms with E-state index in [2.05, 4.69) is 9.97 Å². The standard InChI is InChI=1S/C13H11N3O2/c1-18-10-5-3-7-8(12(10)14)2-4-9-11(7)13(17)16-6-15-9/h2-6H,14H2,1H3,(H,15,16,17). The number of fused-ring (bicyclic) bond motifs is 3. The van der Waals surface area contributed by atoms with Crippen molar-refractivity contribution in [2.75, 3.05) is 12.8 Å². The highest BCUT2D eigenvalue weighted by atomic mass is 16.5. The zero-order valence-electron chi connectivity index (χ0n) is 9.73. The van der Waals surface area contributed by atoms with E-state index in [1.165, 1.54) is 6.33 Å². The Morgan fingerprint density at radius 2 is 2.00 bits per heavy atom. The molecule has 5 heteroatoms. The molecule has 3 rings (SSSR count). The number of ether oxygens (including phenoxy) is 1. The molecule has 0 saturated carbocycles. The van der Waals surface area contributed by atoms with Crippen LogP contribution < -0.4 is 16.0 Å². The number of hydrogen-bond donors (Lipinski definition) is 2. The molecule has 0 spiro atoms. The Hall–Kier alpha value is -2.56. The number of rotatable bonds is 1. The van der Waals surface area contributed by atoms with Crippen LogP contribution >= 0.6 is 0 Å². The summed E-state index contributed by atoms with van der Waals surface area (Å²) in [5.74, 6) is 0.599. The SMILES string of the molecule is COc1ccc2c(ccc3nc[nH]c(=O)c32)c1N. The molecule has 0 radical (unpaired) electrons. The number of nitrogens with one attached hydrogen (secondary N) is 1. The smallest absolute Gasteiger partial charge is 0.259 e. The minimum absolute atomic E-state index is 0.171. The monoisotopic (exact) mass is 241 g/mol. The molecular weight excluding hydrogens is 230 g/mol. The van der Waals surface area contributed by atoms with Gasteiger partial charge < -0.3 is 15.5 Å². The van der Waals surface area contributed by atoms with Crippen LogP contribution in [0.3, 0.4) is 0 Å². The van der Waals surface area contributed by atoms with Gasteiger partial charge in [-0.1, -0.05) is 0 Å². The zero-order chi connectivity index (χ0) is 12.7. The second-order valence-electron chi connectivity index (χ2n) is 3.97. The van der Waals surface area contributed by atoms with Crippen LogP contribution in [0.5, 0.6) is 5.75 Å². The molecule has 3 aromatic rings. The highest BCUT2D eigenvalue weighted by Gasteiger charge is 2.10. The van der Waals surface area contributed by atoms with Crippen LogP contribution in [0.4, 0.5) is 5.69 Å². The third-order valence-electron chi connectivity index (χ3n) is 3.03. The van der Waals surface area contributed by atoms with Crippen molar-refractivity contribution in [2.45, 2.75) is 0 Å². The molecule has 0 atom stereocenters. The molecule has 0 amide bonds. The van der Waals surface area contributed by atoms with Crippen LogP contribution in [-0.4, -0.2) is 17.1 Å².